The van der Waals surface area contributed by atoms with Gasteiger partial charge < -0.3 is 5.32 Å². The van der Waals surface area contributed by atoms with Gasteiger partial charge >= 0.3 is 0 Å². The van der Waals surface area contributed by atoms with Crippen LogP contribution in [-0.2, 0) is 4.79 Å². The molecule has 6 heteroatoms. The smallest absolute Gasteiger partial charge is 0.282 e. The van der Waals surface area contributed by atoms with Crippen LogP contribution in [-0.4, -0.2) is 18.0 Å². The fourth-order valence-electron chi connectivity index (χ4n) is 2.52. The first-order valence-corrected chi connectivity index (χ1v) is 9.26. The zero-order valence-electron chi connectivity index (χ0n) is 15.0. The number of aryl methyl sites for hydroxylation is 1. The topological polar surface area (TPSA) is 70.6 Å². The number of hydrazone groups is 1. The predicted molar refractivity (Wildman–Crippen MR) is 110 cm³/mol. The van der Waals surface area contributed by atoms with E-state index < -0.39 is 0 Å². The largest absolute Gasteiger partial charge is 0.326 e. The lowest BCUT2D eigenvalue weighted by Crippen LogP contribution is -2.17. The highest BCUT2D eigenvalue weighted by molar-refractivity contribution is 7.12. The molecule has 2 amide bonds. The van der Waals surface area contributed by atoms with Gasteiger partial charge in [-0.1, -0.05) is 42.0 Å². The average molecular weight is 377 g/mol. The van der Waals surface area contributed by atoms with Gasteiger partial charge in [0.25, 0.3) is 5.91 Å². The van der Waals surface area contributed by atoms with E-state index in [2.05, 4.69) is 15.8 Å². The van der Waals surface area contributed by atoms with Gasteiger partial charge in [0.2, 0.25) is 5.91 Å². The van der Waals surface area contributed by atoms with Gasteiger partial charge in [0.15, 0.2) is 0 Å². The Kier molecular flexibility index (Phi) is 5.78. The Labute approximate surface area is 161 Å². The summed E-state index contributed by atoms with van der Waals surface area (Å²) in [6.45, 7) is 3.49. The molecule has 1 heterocycles. The minimum Gasteiger partial charge on any atom is -0.326 e. The molecule has 1 aromatic heterocycles. The van der Waals surface area contributed by atoms with E-state index in [0.29, 0.717) is 10.6 Å². The van der Waals surface area contributed by atoms with Crippen LogP contribution >= 0.6 is 11.3 Å². The van der Waals surface area contributed by atoms with Gasteiger partial charge in [-0.05, 0) is 41.6 Å². The van der Waals surface area contributed by atoms with Crippen LogP contribution in [0, 0.1) is 6.92 Å². The molecule has 2 aromatic carbocycles. The molecule has 3 aromatic rings. The van der Waals surface area contributed by atoms with Crippen molar-refractivity contribution < 1.29 is 9.59 Å². The van der Waals surface area contributed by atoms with Gasteiger partial charge in [0.1, 0.15) is 4.88 Å². The van der Waals surface area contributed by atoms with Crippen molar-refractivity contribution in [1.29, 1.82) is 0 Å². The first-order valence-electron chi connectivity index (χ1n) is 8.38. The average Bonchev–Trinajstić information content (AvgIpc) is 3.13. The van der Waals surface area contributed by atoms with Crippen molar-refractivity contribution in [2.75, 3.05) is 5.32 Å². The molecule has 3 rings (SSSR count). The van der Waals surface area contributed by atoms with Crippen LogP contribution < -0.4 is 10.7 Å². The van der Waals surface area contributed by atoms with E-state index in [1.54, 1.807) is 18.3 Å². The van der Waals surface area contributed by atoms with Crippen LogP contribution in [0.25, 0.3) is 11.1 Å². The molecule has 2 N–H and O–H groups in total. The van der Waals surface area contributed by atoms with Crippen LogP contribution in [0.15, 0.2) is 65.1 Å². The van der Waals surface area contributed by atoms with Crippen LogP contribution in [0.3, 0.4) is 0 Å². The van der Waals surface area contributed by atoms with E-state index in [1.165, 1.54) is 23.8 Å². The third-order valence-corrected chi connectivity index (χ3v) is 4.76. The second kappa shape index (κ2) is 8.42. The number of thiophene rings is 1. The molecule has 0 aliphatic carbocycles. The van der Waals surface area contributed by atoms with Crippen LogP contribution in [0.4, 0.5) is 5.69 Å². The number of amides is 2. The highest BCUT2D eigenvalue weighted by atomic mass is 32.1. The van der Waals surface area contributed by atoms with E-state index in [1.807, 2.05) is 54.8 Å². The maximum atomic E-state index is 12.5. The first kappa shape index (κ1) is 18.5. The highest BCUT2D eigenvalue weighted by Crippen LogP contribution is 2.28. The molecular formula is C21H19N3O2S. The SMILES string of the molecule is CC(=O)Nc1ccc(/C=N\NC(=O)c2sccc2-c2ccc(C)cc2)cc1. The van der Waals surface area contributed by atoms with Gasteiger partial charge in [-0.15, -0.1) is 11.3 Å². The summed E-state index contributed by atoms with van der Waals surface area (Å²) >= 11 is 1.38. The quantitative estimate of drug-likeness (QED) is 0.509. The lowest BCUT2D eigenvalue weighted by Gasteiger charge is -2.04. The minimum absolute atomic E-state index is 0.121. The summed E-state index contributed by atoms with van der Waals surface area (Å²) in [6, 6.07) is 17.2. The minimum atomic E-state index is -0.244. The Hall–Kier alpha value is -3.25. The van der Waals surface area contributed by atoms with Gasteiger partial charge in [-0.25, -0.2) is 5.43 Å². The predicted octanol–water partition coefficient (Wildman–Crippen LogP) is 4.45. The third kappa shape index (κ3) is 4.89. The van der Waals surface area contributed by atoms with Crippen LogP contribution in [0.5, 0.6) is 0 Å². The lowest BCUT2D eigenvalue weighted by molar-refractivity contribution is -0.114. The number of carbonyl (C=O) groups is 2. The molecule has 136 valence electrons. The van der Waals surface area contributed by atoms with Crippen molar-refractivity contribution in [3.8, 4) is 11.1 Å². The maximum absolute atomic E-state index is 12.5. The van der Waals surface area contributed by atoms with Gasteiger partial charge in [0.05, 0.1) is 6.21 Å². The number of hydrogen-bond acceptors (Lipinski definition) is 4. The number of nitrogens with one attached hydrogen (secondary N) is 2. The molecule has 0 bridgehead atoms. The number of carbonyl (C=O) groups excluding carboxylic acids is 2. The monoisotopic (exact) mass is 377 g/mol. The molecule has 27 heavy (non-hydrogen) atoms. The highest BCUT2D eigenvalue weighted by Gasteiger charge is 2.13. The van der Waals surface area contributed by atoms with Gasteiger partial charge in [-0.2, -0.15) is 5.10 Å². The van der Waals surface area contributed by atoms with E-state index in [-0.39, 0.29) is 11.8 Å². The summed E-state index contributed by atoms with van der Waals surface area (Å²) in [5, 5.41) is 8.63. The Morgan fingerprint density at radius 2 is 1.70 bits per heavy atom. The number of rotatable bonds is 5. The fraction of sp³-hybridized carbons (Fsp3) is 0.0952. The van der Waals surface area contributed by atoms with Crippen LogP contribution in [0.2, 0.25) is 0 Å². The van der Waals surface area contributed by atoms with Gasteiger partial charge in [-0.3, -0.25) is 9.59 Å². The van der Waals surface area contributed by atoms with E-state index >= 15 is 0 Å². The molecule has 0 saturated heterocycles. The zero-order valence-corrected chi connectivity index (χ0v) is 15.8. The van der Waals surface area contributed by atoms with Crippen molar-refractivity contribution >= 4 is 35.1 Å². The molecule has 5 nitrogen and oxygen atoms in total. The molecule has 0 fully saturated rings. The molecule has 0 aliphatic heterocycles. The number of hydrogen-bond donors (Lipinski definition) is 2. The van der Waals surface area contributed by atoms with Crippen molar-refractivity contribution in [2.24, 2.45) is 5.10 Å². The number of nitrogens with zero attached hydrogens (tertiary/aromatic N) is 1. The van der Waals surface area contributed by atoms with E-state index in [9.17, 15) is 9.59 Å². The Morgan fingerprint density at radius 1 is 1.00 bits per heavy atom. The lowest BCUT2D eigenvalue weighted by atomic mass is 10.1. The standard InChI is InChI=1S/C21H19N3O2S/c1-14-3-7-17(8-4-14)19-11-12-27-20(19)21(26)24-22-13-16-5-9-18(10-6-16)23-15(2)25/h3-13H,1-2H3,(H,23,25)(H,24,26)/b22-13-. The molecular weight excluding hydrogens is 358 g/mol. The van der Waals surface area contributed by atoms with Crippen molar-refractivity contribution in [3.63, 3.8) is 0 Å². The van der Waals surface area contributed by atoms with Crippen molar-refractivity contribution in [2.45, 2.75) is 13.8 Å². The zero-order chi connectivity index (χ0) is 19.2. The molecule has 0 aliphatic rings. The number of anilines is 1. The molecule has 0 radical (unpaired) electrons. The van der Waals surface area contributed by atoms with Crippen molar-refractivity contribution in [3.05, 3.63) is 76.0 Å². The molecule has 0 atom stereocenters. The Bertz CT molecular complexity index is 973. The summed E-state index contributed by atoms with van der Waals surface area (Å²) < 4.78 is 0. The normalized spacial score (nSPS) is 10.7. The summed E-state index contributed by atoms with van der Waals surface area (Å²) in [5.74, 6) is -0.365. The molecule has 0 unspecified atom stereocenters. The summed E-state index contributed by atoms with van der Waals surface area (Å²) in [4.78, 5) is 24.1. The van der Waals surface area contributed by atoms with Crippen LogP contribution in [0.1, 0.15) is 27.7 Å². The Morgan fingerprint density at radius 3 is 2.37 bits per heavy atom. The number of benzene rings is 2. The van der Waals surface area contributed by atoms with Crippen molar-refractivity contribution in [1.82, 2.24) is 5.43 Å². The van der Waals surface area contributed by atoms with E-state index in [0.717, 1.165) is 16.7 Å². The van der Waals surface area contributed by atoms with Gasteiger partial charge in [0, 0.05) is 18.2 Å². The third-order valence-electron chi connectivity index (χ3n) is 3.84. The second-order valence-electron chi connectivity index (χ2n) is 6.03. The molecule has 0 saturated carbocycles. The Balaban J connectivity index is 1.66. The summed E-state index contributed by atoms with van der Waals surface area (Å²) in [6.07, 6.45) is 1.56. The second-order valence-corrected chi connectivity index (χ2v) is 6.95. The maximum Gasteiger partial charge on any atom is 0.282 e. The molecule has 0 spiro atoms. The first-order chi connectivity index (χ1) is 13.0. The summed E-state index contributed by atoms with van der Waals surface area (Å²) in [7, 11) is 0. The van der Waals surface area contributed by atoms with E-state index in [4.69, 9.17) is 0 Å². The summed E-state index contributed by atoms with van der Waals surface area (Å²) in [5.41, 5.74) is 7.18. The fourth-order valence-corrected chi connectivity index (χ4v) is 3.32.